The van der Waals surface area contributed by atoms with Crippen molar-refractivity contribution in [3.8, 4) is 6.07 Å². The first-order chi connectivity index (χ1) is 18.5. The largest absolute Gasteiger partial charge is 0.380 e. The van der Waals surface area contributed by atoms with E-state index in [4.69, 9.17) is 0 Å². The Labute approximate surface area is 218 Å². The topological polar surface area (TPSA) is 114 Å². The molecule has 1 aromatic heterocycles. The molecule has 4 heterocycles. The van der Waals surface area contributed by atoms with Gasteiger partial charge in [-0.05, 0) is 43.5 Å². The van der Waals surface area contributed by atoms with Crippen LogP contribution in [0.15, 0.2) is 39.1 Å². The molecule has 1 N–H and O–H groups in total. The first-order valence-electron chi connectivity index (χ1n) is 12.5. The highest BCUT2D eigenvalue weighted by atomic mass is 19.1. The summed E-state index contributed by atoms with van der Waals surface area (Å²) in [6.07, 6.45) is 6.15. The number of fused-ring (bicyclic) bond motifs is 1. The number of hydrogen-bond donors (Lipinski definition) is 1. The molecule has 0 spiro atoms. The van der Waals surface area contributed by atoms with Crippen LogP contribution in [-0.2, 0) is 13.0 Å². The minimum Gasteiger partial charge on any atom is -0.380 e. The zero-order valence-electron chi connectivity index (χ0n) is 20.9. The Kier molecular flexibility index (Phi) is 7.26. The van der Waals surface area contributed by atoms with E-state index in [9.17, 15) is 14.4 Å². The van der Waals surface area contributed by atoms with Gasteiger partial charge in [-0.2, -0.15) is 15.5 Å². The maximum absolute atomic E-state index is 15.3. The van der Waals surface area contributed by atoms with Crippen LogP contribution in [0.2, 0.25) is 0 Å². The van der Waals surface area contributed by atoms with E-state index in [-0.39, 0.29) is 37.4 Å². The van der Waals surface area contributed by atoms with Crippen LogP contribution in [-0.4, -0.2) is 70.7 Å². The van der Waals surface area contributed by atoms with E-state index in [1.807, 2.05) is 17.7 Å². The number of urea groups is 1. The molecular formula is C26H27F2N9O. The van der Waals surface area contributed by atoms with E-state index in [0.29, 0.717) is 12.0 Å². The fourth-order valence-corrected chi connectivity index (χ4v) is 5.04. The predicted octanol–water partition coefficient (Wildman–Crippen LogP) is 3.34. The van der Waals surface area contributed by atoms with Crippen molar-refractivity contribution < 1.29 is 13.6 Å². The third-order valence-corrected chi connectivity index (χ3v) is 6.75. The average molecular weight is 520 g/mol. The molecule has 10 nitrogen and oxygen atoms in total. The predicted molar refractivity (Wildman–Crippen MR) is 139 cm³/mol. The quantitative estimate of drug-likeness (QED) is 0.655. The van der Waals surface area contributed by atoms with Crippen LogP contribution >= 0.6 is 0 Å². The number of carbonyl (C=O) groups is 1. The van der Waals surface area contributed by atoms with Gasteiger partial charge in [0, 0.05) is 50.1 Å². The lowest BCUT2D eigenvalue weighted by Crippen LogP contribution is -2.45. The van der Waals surface area contributed by atoms with Crippen molar-refractivity contribution in [2.24, 2.45) is 15.1 Å². The molecule has 0 saturated heterocycles. The molecule has 0 aliphatic carbocycles. The molecule has 0 saturated carbocycles. The molecule has 3 aliphatic rings. The van der Waals surface area contributed by atoms with Gasteiger partial charge in [-0.1, -0.05) is 0 Å². The zero-order chi connectivity index (χ0) is 26.6. The Hall–Kier alpha value is -4.40. The van der Waals surface area contributed by atoms with Crippen molar-refractivity contribution in [1.29, 1.82) is 5.26 Å². The van der Waals surface area contributed by atoms with Gasteiger partial charge in [0.25, 0.3) is 0 Å². The van der Waals surface area contributed by atoms with Gasteiger partial charge < -0.3 is 10.2 Å². The summed E-state index contributed by atoms with van der Waals surface area (Å²) < 4.78 is 31.3. The van der Waals surface area contributed by atoms with Gasteiger partial charge in [0.1, 0.15) is 12.2 Å². The van der Waals surface area contributed by atoms with Crippen molar-refractivity contribution in [3.05, 3.63) is 57.9 Å². The van der Waals surface area contributed by atoms with Gasteiger partial charge in [0.2, 0.25) is 0 Å². The Morgan fingerprint density at radius 2 is 2.08 bits per heavy atom. The van der Waals surface area contributed by atoms with Crippen molar-refractivity contribution in [1.82, 2.24) is 25.0 Å². The molecule has 2 aromatic rings. The van der Waals surface area contributed by atoms with Crippen molar-refractivity contribution in [3.63, 3.8) is 0 Å². The van der Waals surface area contributed by atoms with Crippen molar-refractivity contribution in [2.75, 3.05) is 26.2 Å². The summed E-state index contributed by atoms with van der Waals surface area (Å²) in [5.41, 5.74) is 3.38. The number of hydrazone groups is 1. The molecule has 196 valence electrons. The average Bonchev–Trinajstić information content (AvgIpc) is 3.62. The van der Waals surface area contributed by atoms with Gasteiger partial charge in [-0.3, -0.25) is 9.67 Å². The van der Waals surface area contributed by atoms with Gasteiger partial charge in [-0.25, -0.2) is 23.6 Å². The molecule has 0 fully saturated rings. The highest BCUT2D eigenvalue weighted by Crippen LogP contribution is 2.31. The van der Waals surface area contributed by atoms with Crippen LogP contribution in [0, 0.1) is 24.1 Å². The number of benzene rings is 1. The van der Waals surface area contributed by atoms with Crippen LogP contribution < -0.4 is 5.32 Å². The lowest BCUT2D eigenvalue weighted by atomic mass is 10.0. The number of aliphatic imine (C=N–C) groups is 2. The fraction of sp³-hybridized carbons (Fsp3) is 0.385. The first kappa shape index (κ1) is 25.3. The lowest BCUT2D eigenvalue weighted by Gasteiger charge is -2.30. The number of nitrogens with one attached hydrogen (secondary N) is 1. The Morgan fingerprint density at radius 3 is 2.92 bits per heavy atom. The molecule has 5 rings (SSSR count). The first-order valence-corrected chi connectivity index (χ1v) is 12.5. The Bertz CT molecular complexity index is 1400. The van der Waals surface area contributed by atoms with Gasteiger partial charge in [0.15, 0.2) is 5.83 Å². The zero-order valence-corrected chi connectivity index (χ0v) is 20.9. The summed E-state index contributed by atoms with van der Waals surface area (Å²) in [5.74, 6) is -1.09. The van der Waals surface area contributed by atoms with Crippen molar-refractivity contribution >= 4 is 30.5 Å². The molecule has 38 heavy (non-hydrogen) atoms. The van der Waals surface area contributed by atoms with E-state index in [0.717, 1.165) is 48.6 Å². The number of hydrogen-bond acceptors (Lipinski definition) is 7. The number of nitrogens with zero attached hydrogens (tertiary/aromatic N) is 8. The molecule has 3 aliphatic heterocycles. The summed E-state index contributed by atoms with van der Waals surface area (Å²) in [6.45, 7) is 3.70. The minimum atomic E-state index is -0.549. The van der Waals surface area contributed by atoms with Crippen LogP contribution in [0.5, 0.6) is 0 Å². The summed E-state index contributed by atoms with van der Waals surface area (Å²) in [5, 5.41) is 22.5. The molecule has 1 unspecified atom stereocenters. The maximum atomic E-state index is 15.3. The second-order valence-corrected chi connectivity index (χ2v) is 9.23. The molecule has 12 heteroatoms. The number of amides is 2. The smallest absolute Gasteiger partial charge is 0.341 e. The second-order valence-electron chi connectivity index (χ2n) is 9.23. The number of aryl methyl sites for hydroxylation is 2. The number of nitriles is 1. The van der Waals surface area contributed by atoms with Gasteiger partial charge in [-0.15, -0.1) is 0 Å². The van der Waals surface area contributed by atoms with E-state index in [2.05, 4.69) is 25.5 Å². The van der Waals surface area contributed by atoms with Crippen molar-refractivity contribution in [2.45, 2.75) is 38.8 Å². The maximum Gasteiger partial charge on any atom is 0.341 e. The second kappa shape index (κ2) is 10.9. The van der Waals surface area contributed by atoms with E-state index in [1.165, 1.54) is 17.4 Å². The Balaban J connectivity index is 1.38. The number of halogens is 2. The van der Waals surface area contributed by atoms with Crippen LogP contribution in [0.25, 0.3) is 5.70 Å². The normalized spacial score (nSPS) is 19.7. The van der Waals surface area contributed by atoms with Gasteiger partial charge >= 0.3 is 6.03 Å². The fourth-order valence-electron chi connectivity index (χ4n) is 5.04. The molecule has 2 amide bonds. The molecular weight excluding hydrogens is 492 g/mol. The van der Waals surface area contributed by atoms with E-state index >= 15 is 4.39 Å². The summed E-state index contributed by atoms with van der Waals surface area (Å²) in [4.78, 5) is 23.3. The van der Waals surface area contributed by atoms with Gasteiger partial charge in [0.05, 0.1) is 41.8 Å². The Morgan fingerprint density at radius 1 is 1.21 bits per heavy atom. The summed E-state index contributed by atoms with van der Waals surface area (Å²) >= 11 is 0. The van der Waals surface area contributed by atoms with Crippen LogP contribution in [0.1, 0.15) is 47.0 Å². The highest BCUT2D eigenvalue weighted by Gasteiger charge is 2.32. The molecule has 1 aromatic carbocycles. The number of aromatic nitrogens is 2. The van der Waals surface area contributed by atoms with E-state index < -0.39 is 23.7 Å². The summed E-state index contributed by atoms with van der Waals surface area (Å²) in [6, 6.07) is 5.04. The molecule has 0 bridgehead atoms. The van der Waals surface area contributed by atoms with E-state index in [1.54, 1.807) is 17.2 Å². The molecule has 1 atom stereocenters. The number of rotatable bonds is 2. The third kappa shape index (κ3) is 5.04. The monoisotopic (exact) mass is 519 g/mol. The van der Waals surface area contributed by atoms with Crippen LogP contribution in [0.3, 0.4) is 0 Å². The number of allylic oxidation sites excluding steroid dienone is 1. The third-order valence-electron chi connectivity index (χ3n) is 6.75. The highest BCUT2D eigenvalue weighted by molar-refractivity contribution is 5.92. The standard InChI is InChI=1S/C26H27F2N9O/c1-17-24(23-3-2-8-36(23)34-17)25-21(28)15-31-16-30-6-9-35(10-7-32-25)26(38)37-22(4-5-33-37)19-11-18(14-29)12-20(27)13-19/h5,11-13,15-16,22,32H,2-4,6-10H2,1H3. The minimum absolute atomic E-state index is 0.174. The lowest BCUT2D eigenvalue weighted by molar-refractivity contribution is 0.144. The summed E-state index contributed by atoms with van der Waals surface area (Å²) in [7, 11) is 0. The SMILES string of the molecule is Cc1nn2c(c1C1=C(F)C=NC=NCCN(C(=O)N3N=CCC3c3cc(F)cc(C#N)c3)CCN1)CCC2. The number of carbonyl (C=O) groups excluding carboxylic acids is 1. The van der Waals surface area contributed by atoms with Crippen LogP contribution in [0.4, 0.5) is 13.6 Å². The molecule has 0 radical (unpaired) electrons.